The average molecular weight is 165 g/mol. The Balaban J connectivity index is 2.76. The number of rotatable bonds is 2. The molecule has 0 bridgehead atoms. The molecule has 0 aromatic carbocycles. The molecule has 0 aliphatic carbocycles. The van der Waals surface area contributed by atoms with Gasteiger partial charge in [0, 0.05) is 0 Å². The van der Waals surface area contributed by atoms with Crippen molar-refractivity contribution in [2.24, 2.45) is 0 Å². The van der Waals surface area contributed by atoms with Gasteiger partial charge in [-0.25, -0.2) is 14.3 Å². The highest BCUT2D eigenvalue weighted by Crippen LogP contribution is 1.96. The van der Waals surface area contributed by atoms with Crippen LogP contribution in [-0.4, -0.2) is 22.1 Å². The Bertz CT molecular complexity index is 324. The first-order valence-corrected chi connectivity index (χ1v) is 3.39. The van der Waals surface area contributed by atoms with Crippen LogP contribution in [-0.2, 0) is 4.74 Å². The van der Waals surface area contributed by atoms with Crippen LogP contribution >= 0.6 is 0 Å². The molecule has 0 atom stereocenters. The third-order valence-electron chi connectivity index (χ3n) is 1.18. The van der Waals surface area contributed by atoms with Crippen molar-refractivity contribution in [3.63, 3.8) is 0 Å². The predicted octanol–water partition coefficient (Wildman–Crippen LogP) is 0.389. The minimum absolute atomic E-state index is 0.151. The van der Waals surface area contributed by atoms with Crippen molar-refractivity contribution in [3.05, 3.63) is 18.2 Å². The zero-order valence-electron chi connectivity index (χ0n) is 6.52. The van der Waals surface area contributed by atoms with Gasteiger partial charge in [0.05, 0.1) is 12.8 Å². The van der Waals surface area contributed by atoms with E-state index >= 15 is 0 Å². The largest absolute Gasteiger partial charge is 0.461 e. The van der Waals surface area contributed by atoms with Crippen LogP contribution in [0.4, 0.5) is 0 Å². The van der Waals surface area contributed by atoms with Crippen molar-refractivity contribution < 1.29 is 9.53 Å². The van der Waals surface area contributed by atoms with Crippen LogP contribution in [0.25, 0.3) is 0 Å². The third-order valence-corrected chi connectivity index (χ3v) is 1.18. The minimum atomic E-state index is -0.508. The summed E-state index contributed by atoms with van der Waals surface area (Å²) in [7, 11) is 0. The molecular formula is C7H7N3O2. The van der Waals surface area contributed by atoms with Crippen LogP contribution < -0.4 is 0 Å². The van der Waals surface area contributed by atoms with Gasteiger partial charge in [0.15, 0.2) is 11.9 Å². The molecule has 0 radical (unpaired) electrons. The third kappa shape index (κ3) is 1.61. The maximum atomic E-state index is 11.0. The second-order valence-corrected chi connectivity index (χ2v) is 1.99. The van der Waals surface area contributed by atoms with Crippen molar-refractivity contribution in [3.8, 4) is 6.19 Å². The van der Waals surface area contributed by atoms with Crippen molar-refractivity contribution in [1.29, 1.82) is 5.26 Å². The molecule has 0 saturated carbocycles. The number of imidazole rings is 1. The zero-order chi connectivity index (χ0) is 8.97. The monoisotopic (exact) mass is 165 g/mol. The number of nitrogens with zero attached hydrogens (tertiary/aromatic N) is 3. The lowest BCUT2D eigenvalue weighted by atomic mass is 10.5. The molecule has 5 heteroatoms. The smallest absolute Gasteiger partial charge is 0.358 e. The van der Waals surface area contributed by atoms with Crippen LogP contribution in [0.5, 0.6) is 0 Å². The maximum Gasteiger partial charge on any atom is 0.358 e. The highest BCUT2D eigenvalue weighted by atomic mass is 16.5. The molecule has 0 spiro atoms. The van der Waals surface area contributed by atoms with E-state index in [9.17, 15) is 4.79 Å². The van der Waals surface area contributed by atoms with E-state index in [4.69, 9.17) is 5.26 Å². The Morgan fingerprint density at radius 3 is 3.17 bits per heavy atom. The molecule has 0 saturated heterocycles. The fourth-order valence-electron chi connectivity index (χ4n) is 0.688. The van der Waals surface area contributed by atoms with Gasteiger partial charge in [-0.2, -0.15) is 5.26 Å². The molecule has 1 aromatic rings. The average Bonchev–Trinajstić information content (AvgIpc) is 2.52. The number of aromatic nitrogens is 2. The van der Waals surface area contributed by atoms with E-state index in [1.165, 1.54) is 12.5 Å². The number of nitriles is 1. The van der Waals surface area contributed by atoms with Gasteiger partial charge in [0.25, 0.3) is 0 Å². The molecule has 1 aromatic heterocycles. The summed E-state index contributed by atoms with van der Waals surface area (Å²) in [5.74, 6) is -0.508. The number of carbonyl (C=O) groups is 1. The molecule has 5 nitrogen and oxygen atoms in total. The number of hydrogen-bond donors (Lipinski definition) is 0. The number of esters is 1. The Morgan fingerprint density at radius 1 is 1.92 bits per heavy atom. The first kappa shape index (κ1) is 8.27. The van der Waals surface area contributed by atoms with E-state index in [2.05, 4.69) is 9.72 Å². The number of carbonyl (C=O) groups excluding carboxylic acids is 1. The lowest BCUT2D eigenvalue weighted by molar-refractivity contribution is 0.0520. The van der Waals surface area contributed by atoms with E-state index in [1.54, 1.807) is 13.1 Å². The van der Waals surface area contributed by atoms with E-state index in [-0.39, 0.29) is 5.69 Å². The fraction of sp³-hybridized carbons (Fsp3) is 0.286. The van der Waals surface area contributed by atoms with Crippen LogP contribution in [0, 0.1) is 11.5 Å². The highest BCUT2D eigenvalue weighted by Gasteiger charge is 2.08. The summed E-state index contributed by atoms with van der Waals surface area (Å²) in [5.41, 5.74) is 0.151. The first-order chi connectivity index (χ1) is 5.77. The zero-order valence-corrected chi connectivity index (χ0v) is 6.52. The minimum Gasteiger partial charge on any atom is -0.461 e. The lowest BCUT2D eigenvalue weighted by Gasteiger charge is -1.94. The Labute approximate surface area is 69.2 Å². The van der Waals surface area contributed by atoms with Crippen LogP contribution in [0.1, 0.15) is 17.4 Å². The van der Waals surface area contributed by atoms with Crippen LogP contribution in [0.2, 0.25) is 0 Å². The van der Waals surface area contributed by atoms with Crippen LogP contribution in [0.3, 0.4) is 0 Å². The summed E-state index contributed by atoms with van der Waals surface area (Å²) >= 11 is 0. The van der Waals surface area contributed by atoms with E-state index < -0.39 is 5.97 Å². The summed E-state index contributed by atoms with van der Waals surface area (Å²) in [6.45, 7) is 2.01. The van der Waals surface area contributed by atoms with Crippen molar-refractivity contribution in [1.82, 2.24) is 9.55 Å². The summed E-state index contributed by atoms with van der Waals surface area (Å²) in [5, 5.41) is 8.38. The van der Waals surface area contributed by atoms with E-state index in [0.717, 1.165) is 4.57 Å². The molecule has 1 rings (SSSR count). The molecule has 0 fully saturated rings. The normalized spacial score (nSPS) is 9.00. The standard InChI is InChI=1S/C7H7N3O2/c1-2-12-7(11)6-3-10(4-8)5-9-6/h3,5H,2H2,1H3. The Kier molecular flexibility index (Phi) is 2.43. The molecule has 0 aliphatic heterocycles. The van der Waals surface area contributed by atoms with Gasteiger partial charge < -0.3 is 4.74 Å². The SMILES string of the molecule is CCOC(=O)c1cn(C#N)cn1. The Hall–Kier alpha value is -1.83. The van der Waals surface area contributed by atoms with Gasteiger partial charge in [-0.1, -0.05) is 0 Å². The molecule has 1 heterocycles. The lowest BCUT2D eigenvalue weighted by Crippen LogP contribution is -2.04. The molecule has 0 unspecified atom stereocenters. The summed E-state index contributed by atoms with van der Waals surface area (Å²) in [6.07, 6.45) is 4.36. The van der Waals surface area contributed by atoms with Crippen molar-refractivity contribution in [2.45, 2.75) is 6.92 Å². The maximum absolute atomic E-state index is 11.0. The van der Waals surface area contributed by atoms with Gasteiger partial charge in [-0.15, -0.1) is 0 Å². The predicted molar refractivity (Wildman–Crippen MR) is 39.2 cm³/mol. The Morgan fingerprint density at radius 2 is 2.67 bits per heavy atom. The van der Waals surface area contributed by atoms with Gasteiger partial charge in [0.1, 0.15) is 6.33 Å². The second-order valence-electron chi connectivity index (χ2n) is 1.99. The molecular weight excluding hydrogens is 158 g/mol. The summed E-state index contributed by atoms with van der Waals surface area (Å²) in [4.78, 5) is 14.6. The van der Waals surface area contributed by atoms with Crippen molar-refractivity contribution in [2.75, 3.05) is 6.61 Å². The van der Waals surface area contributed by atoms with E-state index in [1.807, 2.05) is 0 Å². The molecule has 62 valence electrons. The van der Waals surface area contributed by atoms with Crippen LogP contribution in [0.15, 0.2) is 12.5 Å². The van der Waals surface area contributed by atoms with Gasteiger partial charge in [-0.3, -0.25) is 0 Å². The number of hydrogen-bond acceptors (Lipinski definition) is 4. The fourth-order valence-corrected chi connectivity index (χ4v) is 0.688. The van der Waals surface area contributed by atoms with Gasteiger partial charge in [-0.05, 0) is 6.92 Å². The molecule has 0 N–H and O–H groups in total. The quantitative estimate of drug-likeness (QED) is 0.594. The summed E-state index contributed by atoms with van der Waals surface area (Å²) < 4.78 is 5.79. The van der Waals surface area contributed by atoms with Gasteiger partial charge >= 0.3 is 5.97 Å². The summed E-state index contributed by atoms with van der Waals surface area (Å²) in [6, 6.07) is 0. The molecule has 0 aliphatic rings. The molecule has 0 amide bonds. The number of ether oxygens (including phenoxy) is 1. The first-order valence-electron chi connectivity index (χ1n) is 3.39. The second kappa shape index (κ2) is 3.53. The molecule has 12 heavy (non-hydrogen) atoms. The topological polar surface area (TPSA) is 67.9 Å². The van der Waals surface area contributed by atoms with E-state index in [0.29, 0.717) is 6.61 Å². The van der Waals surface area contributed by atoms with Gasteiger partial charge in [0.2, 0.25) is 0 Å². The van der Waals surface area contributed by atoms with Crippen molar-refractivity contribution >= 4 is 5.97 Å². The highest BCUT2D eigenvalue weighted by molar-refractivity contribution is 5.86.